The van der Waals surface area contributed by atoms with E-state index < -0.39 is 5.60 Å². The van der Waals surface area contributed by atoms with E-state index in [2.05, 4.69) is 15.4 Å². The number of nitrogens with zero attached hydrogens (tertiary/aromatic N) is 2. The molecule has 1 fully saturated rings. The van der Waals surface area contributed by atoms with Gasteiger partial charge in [0.2, 0.25) is 0 Å². The average Bonchev–Trinajstić information content (AvgIpc) is 2.88. The number of aromatic nitrogens is 1. The van der Waals surface area contributed by atoms with E-state index >= 15 is 0 Å². The Balaban J connectivity index is 1.83. The number of hydrogen-bond acceptors (Lipinski definition) is 5. The molecule has 0 bridgehead atoms. The molecule has 0 spiro atoms. The molecule has 2 heterocycles. The molecule has 1 atom stereocenters. The number of hydrogen-bond donors (Lipinski definition) is 1. The van der Waals surface area contributed by atoms with E-state index in [1.54, 1.807) is 0 Å². The minimum Gasteiger partial charge on any atom is -0.444 e. The monoisotopic (exact) mass is 295 g/mol. The first-order valence-corrected chi connectivity index (χ1v) is 7.38. The van der Waals surface area contributed by atoms with Gasteiger partial charge in [0.25, 0.3) is 0 Å². The maximum atomic E-state index is 11.8. The third-order valence-corrected chi connectivity index (χ3v) is 3.56. The molecule has 1 N–H and O–H groups in total. The molecule has 1 aliphatic heterocycles. The van der Waals surface area contributed by atoms with Crippen LogP contribution in [-0.2, 0) is 11.3 Å². The molecule has 0 radical (unpaired) electrons. The van der Waals surface area contributed by atoms with Crippen molar-refractivity contribution in [3.63, 3.8) is 0 Å². The highest BCUT2D eigenvalue weighted by Gasteiger charge is 2.27. The van der Waals surface area contributed by atoms with Crippen molar-refractivity contribution in [1.82, 2.24) is 15.4 Å². The van der Waals surface area contributed by atoms with Gasteiger partial charge in [0.05, 0.1) is 5.69 Å². The Morgan fingerprint density at radius 2 is 2.19 bits per heavy atom. The smallest absolute Gasteiger partial charge is 0.407 e. The third-order valence-electron chi connectivity index (χ3n) is 3.56. The van der Waals surface area contributed by atoms with Crippen LogP contribution in [0.4, 0.5) is 4.79 Å². The average molecular weight is 295 g/mol. The van der Waals surface area contributed by atoms with Gasteiger partial charge in [-0.15, -0.1) is 0 Å². The van der Waals surface area contributed by atoms with Crippen LogP contribution < -0.4 is 5.32 Å². The van der Waals surface area contributed by atoms with Gasteiger partial charge in [0.15, 0.2) is 0 Å². The third kappa shape index (κ3) is 4.46. The minimum absolute atomic E-state index is 0.139. The largest absolute Gasteiger partial charge is 0.444 e. The molecule has 6 heteroatoms. The summed E-state index contributed by atoms with van der Waals surface area (Å²) in [4.78, 5) is 14.1. The summed E-state index contributed by atoms with van der Waals surface area (Å²) in [5, 5.41) is 6.91. The molecule has 1 aliphatic rings. The summed E-state index contributed by atoms with van der Waals surface area (Å²) in [5.41, 5.74) is 1.63. The van der Waals surface area contributed by atoms with Crippen LogP contribution in [0.5, 0.6) is 0 Å². The number of nitrogens with one attached hydrogen (secondary N) is 1. The lowest BCUT2D eigenvalue weighted by molar-refractivity contribution is 0.0505. The second-order valence-corrected chi connectivity index (χ2v) is 6.67. The summed E-state index contributed by atoms with van der Waals surface area (Å²) in [6.07, 6.45) is 0.592. The summed E-state index contributed by atoms with van der Waals surface area (Å²) in [6.45, 7) is 12.1. The van der Waals surface area contributed by atoms with E-state index in [0.717, 1.165) is 43.1 Å². The van der Waals surface area contributed by atoms with Gasteiger partial charge in [-0.25, -0.2) is 4.79 Å². The second kappa shape index (κ2) is 6.05. The molecule has 1 amide bonds. The summed E-state index contributed by atoms with van der Waals surface area (Å²) in [6, 6.07) is 0.139. The number of likely N-dealkylation sites (tertiary alicyclic amines) is 1. The van der Waals surface area contributed by atoms with Gasteiger partial charge < -0.3 is 14.6 Å². The lowest BCUT2D eigenvalue weighted by Gasteiger charge is -2.22. The molecule has 21 heavy (non-hydrogen) atoms. The van der Waals surface area contributed by atoms with E-state index in [0.29, 0.717) is 0 Å². The molecule has 1 aromatic rings. The zero-order chi connectivity index (χ0) is 15.6. The molecule has 2 rings (SSSR count). The van der Waals surface area contributed by atoms with Crippen LogP contribution in [0.1, 0.15) is 44.2 Å². The number of carbonyl (C=O) groups is 1. The van der Waals surface area contributed by atoms with Crippen molar-refractivity contribution in [3.8, 4) is 0 Å². The molecule has 0 saturated carbocycles. The Labute approximate surface area is 125 Å². The predicted molar refractivity (Wildman–Crippen MR) is 79.0 cm³/mol. The molecule has 6 nitrogen and oxygen atoms in total. The highest BCUT2D eigenvalue weighted by atomic mass is 16.6. The van der Waals surface area contributed by atoms with E-state index in [1.807, 2.05) is 34.6 Å². The zero-order valence-electron chi connectivity index (χ0n) is 13.5. The van der Waals surface area contributed by atoms with Gasteiger partial charge >= 0.3 is 6.09 Å². The van der Waals surface area contributed by atoms with Gasteiger partial charge in [0.1, 0.15) is 11.4 Å². The number of carbonyl (C=O) groups excluding carboxylic acids is 1. The number of aryl methyl sites for hydroxylation is 2. The maximum Gasteiger partial charge on any atom is 0.407 e. The lowest BCUT2D eigenvalue weighted by atomic mass is 10.2. The van der Waals surface area contributed by atoms with E-state index in [9.17, 15) is 4.79 Å². The van der Waals surface area contributed by atoms with Crippen molar-refractivity contribution >= 4 is 6.09 Å². The summed E-state index contributed by atoms with van der Waals surface area (Å²) in [5.74, 6) is 0.871. The first-order valence-electron chi connectivity index (χ1n) is 7.38. The van der Waals surface area contributed by atoms with Crippen molar-refractivity contribution in [1.29, 1.82) is 0 Å². The first kappa shape index (κ1) is 15.8. The molecular formula is C15H25N3O3. The topological polar surface area (TPSA) is 67.6 Å². The van der Waals surface area contributed by atoms with Crippen LogP contribution in [0, 0.1) is 13.8 Å². The van der Waals surface area contributed by atoms with Gasteiger partial charge in [-0.1, -0.05) is 5.16 Å². The number of ether oxygens (including phenoxy) is 1. The number of rotatable bonds is 3. The zero-order valence-corrected chi connectivity index (χ0v) is 13.5. The van der Waals surface area contributed by atoms with Gasteiger partial charge in [-0.05, 0) is 41.0 Å². The Kier molecular flexibility index (Phi) is 4.56. The second-order valence-electron chi connectivity index (χ2n) is 6.67. The Morgan fingerprint density at radius 3 is 2.76 bits per heavy atom. The summed E-state index contributed by atoms with van der Waals surface area (Å²) < 4.78 is 10.5. The number of alkyl carbamates (subject to hydrolysis) is 1. The first-order chi connectivity index (χ1) is 9.74. The van der Waals surface area contributed by atoms with Crippen molar-refractivity contribution in [2.75, 3.05) is 13.1 Å². The van der Waals surface area contributed by atoms with Crippen LogP contribution in [0.25, 0.3) is 0 Å². The highest BCUT2D eigenvalue weighted by molar-refractivity contribution is 5.68. The lowest BCUT2D eigenvalue weighted by Crippen LogP contribution is -2.40. The fourth-order valence-corrected chi connectivity index (χ4v) is 2.52. The van der Waals surface area contributed by atoms with Crippen LogP contribution in [0.15, 0.2) is 4.52 Å². The predicted octanol–water partition coefficient (Wildman–Crippen LogP) is 2.39. The van der Waals surface area contributed by atoms with Crippen molar-refractivity contribution in [3.05, 3.63) is 17.0 Å². The number of amides is 1. The van der Waals surface area contributed by atoms with E-state index in [4.69, 9.17) is 9.26 Å². The van der Waals surface area contributed by atoms with Gasteiger partial charge in [-0.3, -0.25) is 4.90 Å². The van der Waals surface area contributed by atoms with Crippen LogP contribution in [0.2, 0.25) is 0 Å². The molecule has 0 aliphatic carbocycles. The molecule has 118 valence electrons. The van der Waals surface area contributed by atoms with Crippen molar-refractivity contribution < 1.29 is 14.1 Å². The molecule has 1 aromatic heterocycles. The Morgan fingerprint density at radius 1 is 1.48 bits per heavy atom. The maximum absolute atomic E-state index is 11.8. The van der Waals surface area contributed by atoms with E-state index in [-0.39, 0.29) is 12.1 Å². The molecular weight excluding hydrogens is 270 g/mol. The van der Waals surface area contributed by atoms with Crippen molar-refractivity contribution in [2.24, 2.45) is 0 Å². The van der Waals surface area contributed by atoms with Crippen LogP contribution in [0.3, 0.4) is 0 Å². The normalized spacial score (nSPS) is 19.8. The summed E-state index contributed by atoms with van der Waals surface area (Å²) >= 11 is 0. The molecule has 0 unspecified atom stereocenters. The SMILES string of the molecule is Cc1noc(C)c1CN1CC[C@@H](NC(=O)OC(C)(C)C)C1. The van der Waals surface area contributed by atoms with Gasteiger partial charge in [-0.2, -0.15) is 0 Å². The van der Waals surface area contributed by atoms with Crippen LogP contribution >= 0.6 is 0 Å². The highest BCUT2D eigenvalue weighted by Crippen LogP contribution is 2.19. The standard InChI is InChI=1S/C15H25N3O3/c1-10-13(11(2)21-17-10)9-18-7-6-12(8-18)16-14(19)20-15(3,4)5/h12H,6-9H2,1-5H3,(H,16,19)/t12-/m1/s1. The van der Waals surface area contributed by atoms with Crippen molar-refractivity contribution in [2.45, 2.75) is 59.2 Å². The molecule has 1 saturated heterocycles. The Hall–Kier alpha value is -1.56. The fraction of sp³-hybridized carbons (Fsp3) is 0.733. The minimum atomic E-state index is -0.459. The Bertz CT molecular complexity index is 485. The van der Waals surface area contributed by atoms with Crippen LogP contribution in [-0.4, -0.2) is 40.9 Å². The molecule has 0 aromatic carbocycles. The summed E-state index contributed by atoms with van der Waals surface area (Å²) in [7, 11) is 0. The van der Waals surface area contributed by atoms with E-state index in [1.165, 1.54) is 0 Å². The van der Waals surface area contributed by atoms with Gasteiger partial charge in [0, 0.05) is 31.2 Å². The quantitative estimate of drug-likeness (QED) is 0.927. The fourth-order valence-electron chi connectivity index (χ4n) is 2.52.